The predicted octanol–water partition coefficient (Wildman–Crippen LogP) is 6.89. The third kappa shape index (κ3) is 6.27. The van der Waals surface area contributed by atoms with Gasteiger partial charge in [-0.2, -0.15) is 5.26 Å². The van der Waals surface area contributed by atoms with Gasteiger partial charge in [0.25, 0.3) is 5.91 Å². The maximum atomic E-state index is 12.5. The van der Waals surface area contributed by atoms with Gasteiger partial charge in [0.1, 0.15) is 18.2 Å². The first kappa shape index (κ1) is 23.7. The summed E-state index contributed by atoms with van der Waals surface area (Å²) in [7, 11) is 1.49. The van der Waals surface area contributed by atoms with Gasteiger partial charge < -0.3 is 14.8 Å². The molecule has 0 aliphatic heterocycles. The maximum absolute atomic E-state index is 12.5. The monoisotopic (exact) mass is 530 g/mol. The van der Waals surface area contributed by atoms with Gasteiger partial charge in [0.05, 0.1) is 12.1 Å². The highest BCUT2D eigenvalue weighted by atomic mass is 79.9. The van der Waals surface area contributed by atoms with Gasteiger partial charge in [-0.3, -0.25) is 4.79 Å². The first-order valence-corrected chi connectivity index (χ1v) is 10.9. The Labute approximate surface area is 204 Å². The molecule has 0 fully saturated rings. The van der Waals surface area contributed by atoms with Crippen molar-refractivity contribution in [2.75, 3.05) is 12.4 Å². The molecule has 5 nitrogen and oxygen atoms in total. The molecular formula is C24H17BrCl2N2O3. The second-order valence-corrected chi connectivity index (χ2v) is 8.34. The number of nitriles is 1. The number of amides is 1. The minimum Gasteiger partial charge on any atom is -0.493 e. The van der Waals surface area contributed by atoms with E-state index in [0.29, 0.717) is 39.4 Å². The van der Waals surface area contributed by atoms with Gasteiger partial charge in [-0.1, -0.05) is 57.3 Å². The number of carbonyl (C=O) groups is 1. The van der Waals surface area contributed by atoms with E-state index >= 15 is 0 Å². The normalized spacial score (nSPS) is 10.9. The average molecular weight is 532 g/mol. The predicted molar refractivity (Wildman–Crippen MR) is 130 cm³/mol. The largest absolute Gasteiger partial charge is 0.493 e. The molecule has 0 aliphatic carbocycles. The molecule has 0 saturated carbocycles. The van der Waals surface area contributed by atoms with Crippen LogP contribution in [0.15, 0.2) is 70.7 Å². The first-order chi connectivity index (χ1) is 15.4. The molecule has 0 saturated heterocycles. The summed E-state index contributed by atoms with van der Waals surface area (Å²) >= 11 is 15.7. The van der Waals surface area contributed by atoms with E-state index in [9.17, 15) is 10.1 Å². The summed E-state index contributed by atoms with van der Waals surface area (Å²) in [6.45, 7) is 0.296. The number of carbonyl (C=O) groups excluding carboxylic acids is 1. The van der Waals surface area contributed by atoms with Gasteiger partial charge in [0, 0.05) is 15.2 Å². The molecule has 162 valence electrons. The number of rotatable bonds is 7. The van der Waals surface area contributed by atoms with Gasteiger partial charge in [-0.05, 0) is 59.7 Å². The van der Waals surface area contributed by atoms with Gasteiger partial charge >= 0.3 is 0 Å². The van der Waals surface area contributed by atoms with Gasteiger partial charge in [0.2, 0.25) is 0 Å². The molecule has 0 aliphatic rings. The Morgan fingerprint density at radius 2 is 1.91 bits per heavy atom. The van der Waals surface area contributed by atoms with E-state index in [1.165, 1.54) is 13.2 Å². The van der Waals surface area contributed by atoms with Crippen molar-refractivity contribution >= 4 is 56.8 Å². The van der Waals surface area contributed by atoms with Crippen LogP contribution in [-0.4, -0.2) is 13.0 Å². The third-order valence-electron chi connectivity index (χ3n) is 4.31. The van der Waals surface area contributed by atoms with Crippen molar-refractivity contribution in [1.29, 1.82) is 5.26 Å². The standard InChI is InChI=1S/C24H17BrCl2N2O3/c1-31-22-11-16(9-17(13-28)24(30)29-20-4-2-3-19(26)12-20)10-21(27)23(22)32-14-15-5-7-18(25)8-6-15/h2-12H,14H2,1H3,(H,29,30)/b17-9+. The summed E-state index contributed by atoms with van der Waals surface area (Å²) in [5, 5.41) is 12.9. The number of ether oxygens (including phenoxy) is 2. The summed E-state index contributed by atoms with van der Waals surface area (Å²) in [5.41, 5.74) is 1.85. The van der Waals surface area contributed by atoms with E-state index in [1.807, 2.05) is 30.3 Å². The molecule has 1 amide bonds. The molecular weight excluding hydrogens is 515 g/mol. The van der Waals surface area contributed by atoms with Crippen molar-refractivity contribution in [1.82, 2.24) is 0 Å². The van der Waals surface area contributed by atoms with Crippen LogP contribution < -0.4 is 14.8 Å². The summed E-state index contributed by atoms with van der Waals surface area (Å²) in [5.74, 6) is 0.185. The van der Waals surface area contributed by atoms with Crippen LogP contribution in [0.1, 0.15) is 11.1 Å². The summed E-state index contributed by atoms with van der Waals surface area (Å²) in [6.07, 6.45) is 1.42. The Bertz CT molecular complexity index is 1200. The van der Waals surface area contributed by atoms with Gasteiger partial charge in [-0.25, -0.2) is 0 Å². The fourth-order valence-corrected chi connectivity index (χ4v) is 3.51. The van der Waals surface area contributed by atoms with Crippen LogP contribution >= 0.6 is 39.1 Å². The van der Waals surface area contributed by atoms with Crippen LogP contribution in [0.3, 0.4) is 0 Å². The number of halogens is 3. The molecule has 0 atom stereocenters. The lowest BCUT2D eigenvalue weighted by molar-refractivity contribution is -0.112. The Morgan fingerprint density at radius 3 is 2.56 bits per heavy atom. The van der Waals surface area contributed by atoms with Crippen molar-refractivity contribution in [2.45, 2.75) is 6.61 Å². The Kier molecular flexibility index (Phi) is 8.18. The van der Waals surface area contributed by atoms with Crippen LogP contribution in [0.5, 0.6) is 11.5 Å². The molecule has 0 heterocycles. The van der Waals surface area contributed by atoms with Gasteiger partial charge in [-0.15, -0.1) is 0 Å². The number of methoxy groups -OCH3 is 1. The lowest BCUT2D eigenvalue weighted by atomic mass is 10.1. The van der Waals surface area contributed by atoms with Crippen LogP contribution in [-0.2, 0) is 11.4 Å². The Hall–Kier alpha value is -2.98. The van der Waals surface area contributed by atoms with E-state index in [4.69, 9.17) is 32.7 Å². The number of nitrogens with one attached hydrogen (secondary N) is 1. The first-order valence-electron chi connectivity index (χ1n) is 9.33. The van der Waals surface area contributed by atoms with Gasteiger partial charge in [0.15, 0.2) is 11.5 Å². The number of hydrogen-bond acceptors (Lipinski definition) is 4. The second kappa shape index (κ2) is 11.1. The van der Waals surface area contributed by atoms with E-state index in [2.05, 4.69) is 21.2 Å². The van der Waals surface area contributed by atoms with E-state index in [1.54, 1.807) is 36.4 Å². The highest BCUT2D eigenvalue weighted by Gasteiger charge is 2.15. The van der Waals surface area contributed by atoms with Crippen molar-refractivity contribution < 1.29 is 14.3 Å². The van der Waals surface area contributed by atoms with Crippen molar-refractivity contribution in [3.63, 3.8) is 0 Å². The van der Waals surface area contributed by atoms with E-state index in [0.717, 1.165) is 10.0 Å². The zero-order chi connectivity index (χ0) is 23.1. The van der Waals surface area contributed by atoms with E-state index in [-0.39, 0.29) is 5.57 Å². The molecule has 3 aromatic carbocycles. The molecule has 1 N–H and O–H groups in total. The number of anilines is 1. The minimum absolute atomic E-state index is 0.105. The minimum atomic E-state index is -0.569. The maximum Gasteiger partial charge on any atom is 0.266 e. The summed E-state index contributed by atoms with van der Waals surface area (Å²) in [4.78, 5) is 12.5. The quantitative estimate of drug-likeness (QED) is 0.266. The fraction of sp³-hybridized carbons (Fsp3) is 0.0833. The molecule has 32 heavy (non-hydrogen) atoms. The lowest BCUT2D eigenvalue weighted by Gasteiger charge is -2.14. The molecule has 0 unspecified atom stereocenters. The lowest BCUT2D eigenvalue weighted by Crippen LogP contribution is -2.13. The Morgan fingerprint density at radius 1 is 1.16 bits per heavy atom. The molecule has 3 rings (SSSR count). The number of benzene rings is 3. The van der Waals surface area contributed by atoms with E-state index < -0.39 is 5.91 Å². The van der Waals surface area contributed by atoms with Crippen LogP contribution in [0, 0.1) is 11.3 Å². The zero-order valence-electron chi connectivity index (χ0n) is 16.9. The highest BCUT2D eigenvalue weighted by Crippen LogP contribution is 2.37. The zero-order valence-corrected chi connectivity index (χ0v) is 20.0. The topological polar surface area (TPSA) is 71.3 Å². The molecule has 0 spiro atoms. The van der Waals surface area contributed by atoms with Crippen LogP contribution in [0.4, 0.5) is 5.69 Å². The van der Waals surface area contributed by atoms with Crippen molar-refractivity contribution in [2.24, 2.45) is 0 Å². The highest BCUT2D eigenvalue weighted by molar-refractivity contribution is 9.10. The van der Waals surface area contributed by atoms with Crippen LogP contribution in [0.2, 0.25) is 10.0 Å². The second-order valence-electron chi connectivity index (χ2n) is 6.58. The van der Waals surface area contributed by atoms with Crippen molar-refractivity contribution in [3.8, 4) is 17.6 Å². The Balaban J connectivity index is 1.81. The number of hydrogen-bond donors (Lipinski definition) is 1. The third-order valence-corrected chi connectivity index (χ3v) is 5.35. The van der Waals surface area contributed by atoms with Crippen LogP contribution in [0.25, 0.3) is 6.08 Å². The van der Waals surface area contributed by atoms with Crippen molar-refractivity contribution in [3.05, 3.63) is 91.9 Å². The molecule has 8 heteroatoms. The average Bonchev–Trinajstić information content (AvgIpc) is 2.77. The number of nitrogens with zero attached hydrogens (tertiary/aromatic N) is 1. The molecule has 0 radical (unpaired) electrons. The summed E-state index contributed by atoms with van der Waals surface area (Å²) in [6, 6.07) is 19.5. The molecule has 0 aromatic heterocycles. The molecule has 3 aromatic rings. The SMILES string of the molecule is COc1cc(/C=C(\C#N)C(=O)Nc2cccc(Cl)c2)cc(Cl)c1OCc1ccc(Br)cc1. The molecule has 0 bridgehead atoms. The summed E-state index contributed by atoms with van der Waals surface area (Å²) < 4.78 is 12.2. The fourth-order valence-electron chi connectivity index (χ4n) is 2.78. The smallest absolute Gasteiger partial charge is 0.266 e.